The molecule has 1 aromatic rings. The Balaban J connectivity index is 0.00000180. The quantitative estimate of drug-likeness (QED) is 0.793. The molecule has 0 amide bonds. The van der Waals surface area contributed by atoms with Crippen LogP contribution in [-0.4, -0.2) is 32.7 Å². The molecule has 2 N–H and O–H groups in total. The van der Waals surface area contributed by atoms with E-state index < -0.39 is 0 Å². The molecule has 0 unspecified atom stereocenters. The Morgan fingerprint density at radius 3 is 2.95 bits per heavy atom. The number of methoxy groups -OCH3 is 1. The maximum atomic E-state index is 5.33. The van der Waals surface area contributed by atoms with Crippen molar-refractivity contribution < 1.29 is 4.74 Å². The predicted octanol–water partition coefficient (Wildman–Crippen LogP) is 2.10. The summed E-state index contributed by atoms with van der Waals surface area (Å²) in [6.45, 7) is 4.89. The third kappa shape index (κ3) is 4.89. The van der Waals surface area contributed by atoms with Crippen molar-refractivity contribution in [2.75, 3.05) is 26.7 Å². The van der Waals surface area contributed by atoms with Crippen molar-refractivity contribution in [2.24, 2.45) is 4.99 Å². The Morgan fingerprint density at radius 1 is 1.42 bits per heavy atom. The highest BCUT2D eigenvalue weighted by molar-refractivity contribution is 14.0. The van der Waals surface area contributed by atoms with Crippen molar-refractivity contribution in [3.63, 3.8) is 0 Å². The molecule has 1 aliphatic heterocycles. The number of nitrogens with zero attached hydrogens (tertiary/aromatic N) is 1. The van der Waals surface area contributed by atoms with E-state index in [2.05, 4.69) is 40.7 Å². The second-order valence-electron chi connectivity index (χ2n) is 4.49. The standard InChI is InChI=1S/C14H21N3O.HI/c1-11-4-5-12(10-13(11)18-2)6-9-17-14-15-7-3-8-16-14;/h4-5,10H,3,6-9H2,1-2H3,(H2,15,16,17);1H. The van der Waals surface area contributed by atoms with Crippen molar-refractivity contribution in [2.45, 2.75) is 19.8 Å². The van der Waals surface area contributed by atoms with Crippen LogP contribution in [0.2, 0.25) is 0 Å². The molecule has 0 aromatic heterocycles. The highest BCUT2D eigenvalue weighted by atomic mass is 127. The lowest BCUT2D eigenvalue weighted by atomic mass is 10.1. The van der Waals surface area contributed by atoms with Gasteiger partial charge in [-0.1, -0.05) is 12.1 Å². The van der Waals surface area contributed by atoms with Crippen LogP contribution in [0.5, 0.6) is 5.75 Å². The minimum absolute atomic E-state index is 0. The highest BCUT2D eigenvalue weighted by Crippen LogP contribution is 2.18. The Labute approximate surface area is 132 Å². The maximum absolute atomic E-state index is 5.33. The number of rotatable bonds is 4. The van der Waals surface area contributed by atoms with E-state index in [0.29, 0.717) is 0 Å². The molecule has 0 saturated heterocycles. The van der Waals surface area contributed by atoms with Crippen molar-refractivity contribution in [1.29, 1.82) is 0 Å². The smallest absolute Gasteiger partial charge is 0.191 e. The van der Waals surface area contributed by atoms with E-state index in [-0.39, 0.29) is 24.0 Å². The number of benzene rings is 1. The zero-order valence-electron chi connectivity index (χ0n) is 11.5. The zero-order chi connectivity index (χ0) is 12.8. The molecule has 4 nitrogen and oxygen atoms in total. The van der Waals surface area contributed by atoms with E-state index in [9.17, 15) is 0 Å². The fourth-order valence-electron chi connectivity index (χ4n) is 2.00. The monoisotopic (exact) mass is 375 g/mol. The number of hydrogen-bond acceptors (Lipinski definition) is 4. The van der Waals surface area contributed by atoms with Gasteiger partial charge in [-0.2, -0.15) is 0 Å². The summed E-state index contributed by atoms with van der Waals surface area (Å²) in [6, 6.07) is 6.35. The van der Waals surface area contributed by atoms with Crippen LogP contribution in [0.3, 0.4) is 0 Å². The van der Waals surface area contributed by atoms with Crippen LogP contribution >= 0.6 is 24.0 Å². The predicted molar refractivity (Wildman–Crippen MR) is 89.8 cm³/mol. The van der Waals surface area contributed by atoms with E-state index in [4.69, 9.17) is 4.74 Å². The molecule has 0 radical (unpaired) electrons. The fraction of sp³-hybridized carbons (Fsp3) is 0.500. The number of halogens is 1. The summed E-state index contributed by atoms with van der Waals surface area (Å²) in [4.78, 5) is 4.38. The Bertz CT molecular complexity index is 435. The first kappa shape index (κ1) is 16.1. The van der Waals surface area contributed by atoms with E-state index in [1.165, 1.54) is 11.1 Å². The second kappa shape index (κ2) is 8.24. The van der Waals surface area contributed by atoms with Gasteiger partial charge in [0, 0.05) is 19.6 Å². The number of guanidine groups is 1. The van der Waals surface area contributed by atoms with Gasteiger partial charge < -0.3 is 15.4 Å². The first-order valence-electron chi connectivity index (χ1n) is 6.45. The summed E-state index contributed by atoms with van der Waals surface area (Å²) in [6.07, 6.45) is 2.09. The number of hydrogen-bond donors (Lipinski definition) is 2. The molecule has 0 atom stereocenters. The number of nitrogens with one attached hydrogen (secondary N) is 2. The van der Waals surface area contributed by atoms with Crippen LogP contribution in [0.25, 0.3) is 0 Å². The van der Waals surface area contributed by atoms with E-state index >= 15 is 0 Å². The molecule has 0 fully saturated rings. The van der Waals surface area contributed by atoms with Crippen LogP contribution in [0.1, 0.15) is 17.5 Å². The first-order valence-corrected chi connectivity index (χ1v) is 6.45. The van der Waals surface area contributed by atoms with Gasteiger partial charge >= 0.3 is 0 Å². The molecule has 1 aromatic carbocycles. The lowest BCUT2D eigenvalue weighted by Gasteiger charge is -2.16. The van der Waals surface area contributed by atoms with Crippen LogP contribution in [0, 0.1) is 6.92 Å². The molecular formula is C14H22IN3O. The molecule has 0 bridgehead atoms. The van der Waals surface area contributed by atoms with Gasteiger partial charge in [-0.25, -0.2) is 0 Å². The summed E-state index contributed by atoms with van der Waals surface area (Å²) >= 11 is 0. The van der Waals surface area contributed by atoms with Gasteiger partial charge in [0.2, 0.25) is 0 Å². The van der Waals surface area contributed by atoms with Crippen molar-refractivity contribution >= 4 is 29.9 Å². The van der Waals surface area contributed by atoms with Crippen LogP contribution in [0.15, 0.2) is 23.2 Å². The van der Waals surface area contributed by atoms with Gasteiger partial charge in [0.05, 0.1) is 7.11 Å². The second-order valence-corrected chi connectivity index (χ2v) is 4.49. The molecule has 1 aliphatic rings. The molecule has 106 valence electrons. The van der Waals surface area contributed by atoms with Crippen LogP contribution in [-0.2, 0) is 6.42 Å². The normalized spacial score (nSPS) is 13.9. The van der Waals surface area contributed by atoms with Crippen LogP contribution in [0.4, 0.5) is 0 Å². The van der Waals surface area contributed by atoms with Crippen molar-refractivity contribution in [3.8, 4) is 5.75 Å². The molecule has 2 rings (SSSR count). The molecule has 0 spiro atoms. The Hall–Kier alpha value is -0.980. The van der Waals surface area contributed by atoms with Gasteiger partial charge in [0.15, 0.2) is 5.96 Å². The third-order valence-electron chi connectivity index (χ3n) is 3.08. The highest BCUT2D eigenvalue weighted by Gasteiger charge is 2.03. The Morgan fingerprint density at radius 2 is 2.26 bits per heavy atom. The lowest BCUT2D eigenvalue weighted by molar-refractivity contribution is 0.411. The van der Waals surface area contributed by atoms with Gasteiger partial charge in [0.25, 0.3) is 0 Å². The molecule has 19 heavy (non-hydrogen) atoms. The maximum Gasteiger partial charge on any atom is 0.191 e. The van der Waals surface area contributed by atoms with Crippen molar-refractivity contribution in [1.82, 2.24) is 10.6 Å². The van der Waals surface area contributed by atoms with Gasteiger partial charge in [-0.15, -0.1) is 24.0 Å². The molecular weight excluding hydrogens is 353 g/mol. The van der Waals surface area contributed by atoms with Gasteiger partial charge in [0.1, 0.15) is 5.75 Å². The summed E-state index contributed by atoms with van der Waals surface area (Å²) in [5, 5.41) is 6.57. The summed E-state index contributed by atoms with van der Waals surface area (Å²) in [7, 11) is 1.71. The molecule has 1 heterocycles. The SMILES string of the molecule is COc1cc(CCNC2=NCCCN2)ccc1C.I. The number of aryl methyl sites for hydroxylation is 1. The number of ether oxygens (including phenoxy) is 1. The molecule has 5 heteroatoms. The Kier molecular flexibility index (Phi) is 6.97. The summed E-state index contributed by atoms with van der Waals surface area (Å²) < 4.78 is 5.33. The average Bonchev–Trinajstić information content (AvgIpc) is 2.42. The largest absolute Gasteiger partial charge is 0.496 e. The summed E-state index contributed by atoms with van der Waals surface area (Å²) in [5.41, 5.74) is 2.45. The topological polar surface area (TPSA) is 45.6 Å². The number of aliphatic imine (C=N–C) groups is 1. The molecule has 0 aliphatic carbocycles. The van der Waals surface area contributed by atoms with Gasteiger partial charge in [-0.05, 0) is 37.0 Å². The lowest BCUT2D eigenvalue weighted by Crippen LogP contribution is -2.41. The van der Waals surface area contributed by atoms with Crippen molar-refractivity contribution in [3.05, 3.63) is 29.3 Å². The van der Waals surface area contributed by atoms with Crippen LogP contribution < -0.4 is 15.4 Å². The first-order chi connectivity index (χ1) is 8.79. The average molecular weight is 375 g/mol. The van der Waals surface area contributed by atoms with E-state index in [1.54, 1.807) is 7.11 Å². The fourth-order valence-corrected chi connectivity index (χ4v) is 2.00. The minimum Gasteiger partial charge on any atom is -0.496 e. The van der Waals surface area contributed by atoms with E-state index in [0.717, 1.165) is 44.2 Å². The van der Waals surface area contributed by atoms with Gasteiger partial charge in [-0.3, -0.25) is 4.99 Å². The van der Waals surface area contributed by atoms with E-state index in [1.807, 2.05) is 0 Å². The minimum atomic E-state index is 0. The third-order valence-corrected chi connectivity index (χ3v) is 3.08. The zero-order valence-corrected chi connectivity index (χ0v) is 13.9. The summed E-state index contributed by atoms with van der Waals surface area (Å²) in [5.74, 6) is 1.89. The molecule has 0 saturated carbocycles.